The van der Waals surface area contributed by atoms with Gasteiger partial charge in [-0.15, -0.1) is 0 Å². The van der Waals surface area contributed by atoms with Gasteiger partial charge in [0.25, 0.3) is 0 Å². The first-order valence-electron chi connectivity index (χ1n) is 15.0. The summed E-state index contributed by atoms with van der Waals surface area (Å²) in [6.07, 6.45) is 5.34. The van der Waals surface area contributed by atoms with Crippen LogP contribution in [0.4, 0.5) is 0 Å². The average molecular weight is 557 g/mol. The van der Waals surface area contributed by atoms with E-state index in [2.05, 4.69) is 29.2 Å². The molecule has 1 aliphatic carbocycles. The smallest absolute Gasteiger partial charge is 0.234 e. The maximum absolute atomic E-state index is 13.9. The third kappa shape index (κ3) is 5.51. The van der Waals surface area contributed by atoms with E-state index in [0.29, 0.717) is 13.0 Å². The first kappa shape index (κ1) is 27.9. The summed E-state index contributed by atoms with van der Waals surface area (Å²) in [7, 11) is 0. The van der Waals surface area contributed by atoms with Crippen LogP contribution in [0.15, 0.2) is 71.3 Å². The van der Waals surface area contributed by atoms with Crippen LogP contribution in [0, 0.1) is 17.8 Å². The number of aliphatic hydroxyl groups excluding tert-OH is 1. The van der Waals surface area contributed by atoms with Crippen molar-refractivity contribution in [3.63, 3.8) is 0 Å². The summed E-state index contributed by atoms with van der Waals surface area (Å²) in [5.41, 5.74) is 5.11. The Balaban J connectivity index is 1.12. The Kier molecular flexibility index (Phi) is 8.11. The highest BCUT2D eigenvalue weighted by Gasteiger charge is 2.58. The quantitative estimate of drug-likeness (QED) is 0.366. The zero-order valence-corrected chi connectivity index (χ0v) is 23.7. The lowest BCUT2D eigenvalue weighted by Gasteiger charge is -2.36. The van der Waals surface area contributed by atoms with Gasteiger partial charge in [-0.3, -0.25) is 19.4 Å². The van der Waals surface area contributed by atoms with Crippen molar-refractivity contribution in [2.24, 2.45) is 17.8 Å². The monoisotopic (exact) mass is 556 g/mol. The summed E-state index contributed by atoms with van der Waals surface area (Å²) in [6, 6.07) is 17.6. The molecule has 0 aromatic heterocycles. The minimum atomic E-state index is -0.397. The third-order valence-electron chi connectivity index (χ3n) is 9.54. The molecule has 2 amide bonds. The SMILES string of the molecule is C/C(=C\c1ccccc1O)CC[C@H]1OC[C@H]2C1=C(CO)C[C@H]1C(=O)N(C3CCN(Cc4ccccc4)CC3)C(=O)[C@H]12. The topological polar surface area (TPSA) is 90.3 Å². The van der Waals surface area contributed by atoms with Crippen molar-refractivity contribution in [2.75, 3.05) is 26.3 Å². The predicted molar refractivity (Wildman–Crippen MR) is 157 cm³/mol. The van der Waals surface area contributed by atoms with Gasteiger partial charge in [-0.1, -0.05) is 60.2 Å². The Bertz CT molecular complexity index is 1340. The lowest BCUT2D eigenvalue weighted by atomic mass is 9.69. The van der Waals surface area contributed by atoms with E-state index in [1.807, 2.05) is 31.2 Å². The number of phenols is 1. The van der Waals surface area contributed by atoms with E-state index in [-0.39, 0.29) is 42.2 Å². The number of hydrogen-bond donors (Lipinski definition) is 2. The van der Waals surface area contributed by atoms with Gasteiger partial charge in [-0.05, 0) is 61.8 Å². The molecule has 4 aliphatic rings. The number of fused-ring (bicyclic) bond motifs is 3. The third-order valence-corrected chi connectivity index (χ3v) is 9.54. The molecule has 2 aromatic rings. The molecular formula is C34H40N2O5. The van der Waals surface area contributed by atoms with Crippen LogP contribution in [0.2, 0.25) is 0 Å². The largest absolute Gasteiger partial charge is 0.507 e. The van der Waals surface area contributed by atoms with Crippen molar-refractivity contribution in [3.8, 4) is 5.75 Å². The Hall–Kier alpha value is -3.26. The van der Waals surface area contributed by atoms with Crippen molar-refractivity contribution < 1.29 is 24.5 Å². The molecule has 0 spiro atoms. The van der Waals surface area contributed by atoms with Gasteiger partial charge in [0.1, 0.15) is 5.75 Å². The number of rotatable bonds is 8. The molecule has 0 radical (unpaired) electrons. The lowest BCUT2D eigenvalue weighted by Crippen LogP contribution is -2.47. The first-order valence-corrected chi connectivity index (χ1v) is 15.0. The van der Waals surface area contributed by atoms with Crippen LogP contribution in [0.1, 0.15) is 50.2 Å². The second-order valence-electron chi connectivity index (χ2n) is 12.1. The highest BCUT2D eigenvalue weighted by molar-refractivity contribution is 6.06. The van der Waals surface area contributed by atoms with Gasteiger partial charge in [0.05, 0.1) is 31.2 Å². The minimum Gasteiger partial charge on any atom is -0.507 e. The number of hydrogen-bond acceptors (Lipinski definition) is 6. The number of ether oxygens (including phenoxy) is 1. The highest BCUT2D eigenvalue weighted by atomic mass is 16.5. The number of imide groups is 1. The summed E-state index contributed by atoms with van der Waals surface area (Å²) in [5.74, 6) is -0.785. The molecule has 7 nitrogen and oxygen atoms in total. The molecule has 4 atom stereocenters. The molecule has 216 valence electrons. The van der Waals surface area contributed by atoms with Crippen LogP contribution in [0.5, 0.6) is 5.75 Å². The fourth-order valence-corrected chi connectivity index (χ4v) is 7.49. The number of benzene rings is 2. The molecule has 6 rings (SSSR count). The number of likely N-dealkylation sites (tertiary alicyclic amines) is 2. The Labute approximate surface area is 242 Å². The molecule has 2 aromatic carbocycles. The number of carbonyl (C=O) groups is 2. The molecule has 3 fully saturated rings. The summed E-state index contributed by atoms with van der Waals surface area (Å²) >= 11 is 0. The van der Waals surface area contributed by atoms with Crippen LogP contribution >= 0.6 is 0 Å². The van der Waals surface area contributed by atoms with Crippen LogP contribution in [0.3, 0.4) is 0 Å². The van der Waals surface area contributed by atoms with Crippen LogP contribution in [-0.4, -0.2) is 70.3 Å². The normalized spacial score (nSPS) is 27.5. The Morgan fingerprint density at radius 3 is 2.46 bits per heavy atom. The van der Waals surface area contributed by atoms with Crippen molar-refractivity contribution >= 4 is 17.9 Å². The standard InChI is InChI=1S/C34H40N2O5/c1-22(17-24-9-5-6-10-29(24)38)11-12-30-31-25(20-37)18-27-32(28(31)21-41-30)34(40)36(33(27)39)26-13-15-35(16-14-26)19-23-7-3-2-4-8-23/h2-10,17,26-28,30,32,37-38H,11-16,18-21H2,1H3/b22-17+/t27-,28+,30-,32-/m1/s1. The minimum absolute atomic E-state index is 0.0409. The van der Waals surface area contributed by atoms with E-state index in [1.165, 1.54) is 5.56 Å². The molecule has 3 heterocycles. The molecule has 0 saturated carbocycles. The molecular weight excluding hydrogens is 516 g/mol. The summed E-state index contributed by atoms with van der Waals surface area (Å²) in [6.45, 7) is 4.95. The fourth-order valence-electron chi connectivity index (χ4n) is 7.49. The summed E-state index contributed by atoms with van der Waals surface area (Å²) in [5, 5.41) is 20.4. The van der Waals surface area contributed by atoms with Gasteiger partial charge in [0.15, 0.2) is 0 Å². The van der Waals surface area contributed by atoms with Crippen LogP contribution in [0.25, 0.3) is 6.08 Å². The van der Waals surface area contributed by atoms with Crippen molar-refractivity contribution in [1.82, 2.24) is 9.80 Å². The number of nitrogens with zero attached hydrogens (tertiary/aromatic N) is 2. The number of carbonyl (C=O) groups excluding carboxylic acids is 2. The van der Waals surface area contributed by atoms with E-state index >= 15 is 0 Å². The second kappa shape index (κ2) is 11.9. The van der Waals surface area contributed by atoms with Gasteiger partial charge in [0.2, 0.25) is 11.8 Å². The Morgan fingerprint density at radius 2 is 1.73 bits per heavy atom. The van der Waals surface area contributed by atoms with Gasteiger partial charge < -0.3 is 14.9 Å². The summed E-state index contributed by atoms with van der Waals surface area (Å²) in [4.78, 5) is 31.6. The second-order valence-corrected chi connectivity index (χ2v) is 12.1. The predicted octanol–water partition coefficient (Wildman–Crippen LogP) is 4.55. The molecule has 7 heteroatoms. The molecule has 3 saturated heterocycles. The number of piperidine rings is 1. The van der Waals surface area contributed by atoms with Gasteiger partial charge >= 0.3 is 0 Å². The Morgan fingerprint density at radius 1 is 1.00 bits per heavy atom. The van der Waals surface area contributed by atoms with Crippen LogP contribution in [-0.2, 0) is 20.9 Å². The average Bonchev–Trinajstić information content (AvgIpc) is 3.52. The van der Waals surface area contributed by atoms with E-state index in [4.69, 9.17) is 4.74 Å². The molecule has 41 heavy (non-hydrogen) atoms. The first-order chi connectivity index (χ1) is 19.9. The number of amides is 2. The van der Waals surface area contributed by atoms with E-state index in [0.717, 1.165) is 67.6 Å². The lowest BCUT2D eigenvalue weighted by molar-refractivity contribution is -0.144. The van der Waals surface area contributed by atoms with Gasteiger partial charge in [-0.25, -0.2) is 0 Å². The summed E-state index contributed by atoms with van der Waals surface area (Å²) < 4.78 is 6.27. The fraction of sp³-hybridized carbons (Fsp3) is 0.471. The van der Waals surface area contributed by atoms with Crippen molar-refractivity contribution in [2.45, 2.75) is 57.7 Å². The molecule has 3 aliphatic heterocycles. The maximum atomic E-state index is 13.9. The number of aromatic hydroxyl groups is 1. The maximum Gasteiger partial charge on any atom is 0.234 e. The molecule has 2 N–H and O–H groups in total. The number of phenolic OH excluding ortho intramolecular Hbond substituents is 1. The zero-order valence-electron chi connectivity index (χ0n) is 23.7. The number of allylic oxidation sites excluding steroid dienone is 1. The van der Waals surface area contributed by atoms with E-state index in [1.54, 1.807) is 17.0 Å². The van der Waals surface area contributed by atoms with Gasteiger partial charge in [0, 0.05) is 37.2 Å². The van der Waals surface area contributed by atoms with Crippen LogP contribution < -0.4 is 0 Å². The number of para-hydroxylation sites is 1. The molecule has 0 bridgehead atoms. The van der Waals surface area contributed by atoms with Crippen molar-refractivity contribution in [3.05, 3.63) is 82.4 Å². The zero-order chi connectivity index (χ0) is 28.5. The highest BCUT2D eigenvalue weighted by Crippen LogP contribution is 2.50. The van der Waals surface area contributed by atoms with E-state index < -0.39 is 11.8 Å². The number of aliphatic hydroxyl groups is 1. The molecule has 0 unspecified atom stereocenters. The van der Waals surface area contributed by atoms with Crippen molar-refractivity contribution in [1.29, 1.82) is 0 Å². The van der Waals surface area contributed by atoms with Gasteiger partial charge in [-0.2, -0.15) is 0 Å². The van der Waals surface area contributed by atoms with E-state index in [9.17, 15) is 19.8 Å².